The van der Waals surface area contributed by atoms with Crippen LogP contribution in [-0.2, 0) is 14.8 Å². The van der Waals surface area contributed by atoms with Crippen molar-refractivity contribution in [3.8, 4) is 11.5 Å². The molecule has 1 aliphatic rings. The molecule has 0 aliphatic carbocycles. The summed E-state index contributed by atoms with van der Waals surface area (Å²) in [5.74, 6) is 0.975. The van der Waals surface area contributed by atoms with Crippen molar-refractivity contribution in [1.29, 1.82) is 0 Å². The maximum atomic E-state index is 12.6. The highest BCUT2D eigenvalue weighted by Crippen LogP contribution is 2.29. The van der Waals surface area contributed by atoms with E-state index in [-0.39, 0.29) is 17.3 Å². The number of carbonyl (C=O) groups excluding carboxylic acids is 1. The summed E-state index contributed by atoms with van der Waals surface area (Å²) < 4.78 is 32.6. The first-order valence-electron chi connectivity index (χ1n) is 10.5. The maximum absolute atomic E-state index is 12.6. The van der Waals surface area contributed by atoms with Gasteiger partial charge in [0.25, 0.3) is 0 Å². The van der Waals surface area contributed by atoms with Gasteiger partial charge in [-0.15, -0.1) is 0 Å². The Morgan fingerprint density at radius 1 is 0.875 bits per heavy atom. The molecule has 3 aromatic rings. The summed E-state index contributed by atoms with van der Waals surface area (Å²) in [5.41, 5.74) is 1.23. The van der Waals surface area contributed by atoms with Crippen molar-refractivity contribution in [2.24, 2.45) is 0 Å². The molecule has 1 saturated heterocycles. The minimum absolute atomic E-state index is 0.0257. The number of rotatable bonds is 8. The summed E-state index contributed by atoms with van der Waals surface area (Å²) >= 11 is 0. The Morgan fingerprint density at radius 3 is 2.25 bits per heavy atom. The number of nitrogens with zero attached hydrogens (tertiary/aromatic N) is 1. The molecule has 2 N–H and O–H groups in total. The molecule has 1 fully saturated rings. The van der Waals surface area contributed by atoms with Crippen molar-refractivity contribution in [2.45, 2.75) is 17.7 Å². The van der Waals surface area contributed by atoms with Crippen LogP contribution in [0.25, 0.3) is 0 Å². The van der Waals surface area contributed by atoms with Gasteiger partial charge >= 0.3 is 0 Å². The third kappa shape index (κ3) is 5.27. The number of carbonyl (C=O) groups is 1. The van der Waals surface area contributed by atoms with E-state index >= 15 is 0 Å². The van der Waals surface area contributed by atoms with Crippen LogP contribution < -0.4 is 15.4 Å². The smallest absolute Gasteiger partial charge is 0.243 e. The lowest BCUT2D eigenvalue weighted by atomic mass is 10.2. The zero-order valence-electron chi connectivity index (χ0n) is 17.5. The fourth-order valence-electron chi connectivity index (χ4n) is 3.47. The third-order valence-electron chi connectivity index (χ3n) is 5.14. The van der Waals surface area contributed by atoms with Gasteiger partial charge in [-0.25, -0.2) is 8.42 Å². The van der Waals surface area contributed by atoms with Crippen molar-refractivity contribution in [3.63, 3.8) is 0 Å². The zero-order chi connectivity index (χ0) is 22.4. The van der Waals surface area contributed by atoms with E-state index in [1.54, 1.807) is 36.4 Å². The molecule has 166 valence electrons. The molecule has 0 aromatic heterocycles. The van der Waals surface area contributed by atoms with E-state index < -0.39 is 10.0 Å². The topological polar surface area (TPSA) is 87.7 Å². The average Bonchev–Trinajstić information content (AvgIpc) is 3.36. The van der Waals surface area contributed by atoms with Crippen LogP contribution in [0.5, 0.6) is 11.5 Å². The lowest BCUT2D eigenvalue weighted by Gasteiger charge is -2.16. The molecule has 1 heterocycles. The van der Waals surface area contributed by atoms with Crippen LogP contribution in [-0.4, -0.2) is 38.3 Å². The van der Waals surface area contributed by atoms with Crippen LogP contribution >= 0.6 is 0 Å². The molecule has 0 saturated carbocycles. The predicted octanol–water partition coefficient (Wildman–Crippen LogP) is 4.31. The van der Waals surface area contributed by atoms with E-state index in [4.69, 9.17) is 4.74 Å². The van der Waals surface area contributed by atoms with Crippen molar-refractivity contribution in [3.05, 3.63) is 78.9 Å². The van der Waals surface area contributed by atoms with E-state index in [2.05, 4.69) is 10.6 Å². The largest absolute Gasteiger partial charge is 0.455 e. The maximum Gasteiger partial charge on any atom is 0.243 e. The molecule has 0 unspecified atom stereocenters. The van der Waals surface area contributed by atoms with Crippen LogP contribution in [0.4, 0.5) is 11.4 Å². The van der Waals surface area contributed by atoms with E-state index in [0.717, 1.165) is 12.8 Å². The summed E-state index contributed by atoms with van der Waals surface area (Å²) in [4.78, 5) is 12.7. The summed E-state index contributed by atoms with van der Waals surface area (Å²) in [6, 6.07) is 23.0. The average molecular weight is 452 g/mol. The van der Waals surface area contributed by atoms with Crippen molar-refractivity contribution >= 4 is 27.3 Å². The van der Waals surface area contributed by atoms with Crippen molar-refractivity contribution in [1.82, 2.24) is 4.31 Å². The molecule has 0 bridgehead atoms. The van der Waals surface area contributed by atoms with Crippen LogP contribution in [0.15, 0.2) is 83.8 Å². The van der Waals surface area contributed by atoms with E-state index in [1.807, 2.05) is 42.5 Å². The summed E-state index contributed by atoms with van der Waals surface area (Å²) in [7, 11) is -3.45. The molecular weight excluding hydrogens is 426 g/mol. The van der Waals surface area contributed by atoms with Gasteiger partial charge in [-0.3, -0.25) is 4.79 Å². The van der Waals surface area contributed by atoms with Gasteiger partial charge in [-0.2, -0.15) is 4.31 Å². The molecule has 32 heavy (non-hydrogen) atoms. The Kier molecular flexibility index (Phi) is 6.72. The van der Waals surface area contributed by atoms with Gasteiger partial charge in [0.05, 0.1) is 17.1 Å². The quantitative estimate of drug-likeness (QED) is 0.533. The van der Waals surface area contributed by atoms with Gasteiger partial charge in [0.15, 0.2) is 5.75 Å². The number of amides is 1. The van der Waals surface area contributed by atoms with E-state index in [9.17, 15) is 13.2 Å². The summed E-state index contributed by atoms with van der Waals surface area (Å²) in [6.07, 6.45) is 1.79. The lowest BCUT2D eigenvalue weighted by Crippen LogP contribution is -2.27. The second kappa shape index (κ2) is 9.84. The Hall–Kier alpha value is -3.36. The highest BCUT2D eigenvalue weighted by atomic mass is 32.2. The molecule has 0 spiro atoms. The Labute approximate surface area is 188 Å². The Balaban J connectivity index is 1.35. The van der Waals surface area contributed by atoms with Gasteiger partial charge < -0.3 is 15.4 Å². The second-order valence-corrected chi connectivity index (χ2v) is 9.39. The number of hydrogen-bond acceptors (Lipinski definition) is 5. The molecule has 8 heteroatoms. The number of nitrogens with one attached hydrogen (secondary N) is 2. The molecule has 4 rings (SSSR count). The second-order valence-electron chi connectivity index (χ2n) is 7.45. The van der Waals surface area contributed by atoms with Crippen molar-refractivity contribution < 1.29 is 17.9 Å². The number of hydrogen-bond donors (Lipinski definition) is 2. The number of ether oxygens (including phenoxy) is 1. The van der Waals surface area contributed by atoms with Crippen LogP contribution in [0.1, 0.15) is 12.8 Å². The Bertz CT molecular complexity index is 1160. The summed E-state index contributed by atoms with van der Waals surface area (Å²) in [5, 5.41) is 5.87. The number of sulfonamides is 1. The van der Waals surface area contributed by atoms with Gasteiger partial charge in [0.2, 0.25) is 15.9 Å². The van der Waals surface area contributed by atoms with Crippen LogP contribution in [0, 0.1) is 0 Å². The normalized spacial score (nSPS) is 14.1. The first-order chi connectivity index (χ1) is 15.5. The molecule has 0 radical (unpaired) electrons. The Morgan fingerprint density at radius 2 is 1.53 bits per heavy atom. The minimum Gasteiger partial charge on any atom is -0.455 e. The molecule has 3 aromatic carbocycles. The van der Waals surface area contributed by atoms with Gasteiger partial charge in [-0.1, -0.05) is 30.3 Å². The highest BCUT2D eigenvalue weighted by Gasteiger charge is 2.26. The third-order valence-corrected chi connectivity index (χ3v) is 7.06. The predicted molar refractivity (Wildman–Crippen MR) is 125 cm³/mol. The number of benzene rings is 3. The van der Waals surface area contributed by atoms with Gasteiger partial charge in [0.1, 0.15) is 5.75 Å². The fraction of sp³-hybridized carbons (Fsp3) is 0.208. The monoisotopic (exact) mass is 451 g/mol. The SMILES string of the molecule is O=C(CNc1ccc(S(=O)(=O)N2CCCC2)cc1)Nc1ccccc1Oc1ccccc1. The van der Waals surface area contributed by atoms with Crippen LogP contribution in [0.2, 0.25) is 0 Å². The lowest BCUT2D eigenvalue weighted by molar-refractivity contribution is -0.114. The first-order valence-corrected chi connectivity index (χ1v) is 11.9. The fourth-order valence-corrected chi connectivity index (χ4v) is 4.99. The molecule has 1 aliphatic heterocycles. The number of anilines is 2. The molecule has 0 atom stereocenters. The van der Waals surface area contributed by atoms with E-state index in [1.165, 1.54) is 4.31 Å². The highest BCUT2D eigenvalue weighted by molar-refractivity contribution is 7.89. The molecular formula is C24H25N3O4S. The zero-order valence-corrected chi connectivity index (χ0v) is 18.3. The number of para-hydroxylation sites is 3. The van der Waals surface area contributed by atoms with E-state index in [0.29, 0.717) is 36.0 Å². The molecule has 7 nitrogen and oxygen atoms in total. The molecule has 1 amide bonds. The van der Waals surface area contributed by atoms with Crippen molar-refractivity contribution in [2.75, 3.05) is 30.3 Å². The standard InChI is InChI=1S/C24H25N3O4S/c28-24(26-22-10-4-5-11-23(22)31-20-8-2-1-3-9-20)18-25-19-12-14-21(15-13-19)32(29,30)27-16-6-7-17-27/h1-5,8-15,25H,6-7,16-18H2,(H,26,28). The van der Waals surface area contributed by atoms with Crippen LogP contribution in [0.3, 0.4) is 0 Å². The van der Waals surface area contributed by atoms with Gasteiger partial charge in [-0.05, 0) is 61.4 Å². The first kappa shape index (κ1) is 21.9. The van der Waals surface area contributed by atoms with Gasteiger partial charge in [0, 0.05) is 18.8 Å². The minimum atomic E-state index is -3.45. The summed E-state index contributed by atoms with van der Waals surface area (Å²) in [6.45, 7) is 1.16.